The molecule has 2 aliphatic rings. The Kier molecular flexibility index (Phi) is 4.85. The van der Waals surface area contributed by atoms with Crippen LogP contribution in [0.3, 0.4) is 0 Å². The van der Waals surface area contributed by atoms with Gasteiger partial charge in [0.05, 0.1) is 5.60 Å². The molecule has 2 rings (SSSR count). The molecule has 1 aliphatic carbocycles. The predicted octanol–water partition coefficient (Wildman–Crippen LogP) is 1.66. The quantitative estimate of drug-likeness (QED) is 0.800. The third kappa shape index (κ3) is 4.46. The van der Waals surface area contributed by atoms with Crippen molar-refractivity contribution in [2.45, 2.75) is 69.9 Å². The molecule has 0 aromatic rings. The summed E-state index contributed by atoms with van der Waals surface area (Å²) in [5.74, 6) is 0.800. The maximum Gasteiger partial charge on any atom is 0.222 e. The van der Waals surface area contributed by atoms with Crippen molar-refractivity contribution in [2.24, 2.45) is 11.7 Å². The van der Waals surface area contributed by atoms with Gasteiger partial charge in [-0.25, -0.2) is 0 Å². The molecular weight excluding hydrogens is 240 g/mol. The van der Waals surface area contributed by atoms with Gasteiger partial charge in [-0.05, 0) is 57.8 Å². The van der Waals surface area contributed by atoms with Gasteiger partial charge in [0.15, 0.2) is 0 Å². The van der Waals surface area contributed by atoms with Crippen LogP contribution < -0.4 is 5.73 Å². The van der Waals surface area contributed by atoms with Crippen molar-refractivity contribution in [1.82, 2.24) is 4.90 Å². The molecule has 0 bridgehead atoms. The lowest BCUT2D eigenvalue weighted by Crippen LogP contribution is -2.35. The van der Waals surface area contributed by atoms with Crippen molar-refractivity contribution in [1.29, 1.82) is 0 Å². The Morgan fingerprint density at radius 2 is 1.95 bits per heavy atom. The number of likely N-dealkylation sites (tertiary alicyclic amines) is 1. The number of hydrogen-bond acceptors (Lipinski definition) is 3. The van der Waals surface area contributed by atoms with E-state index in [0.29, 0.717) is 31.3 Å². The molecule has 1 unspecified atom stereocenters. The maximum absolute atomic E-state index is 12.3. The van der Waals surface area contributed by atoms with Crippen molar-refractivity contribution in [2.75, 3.05) is 13.1 Å². The minimum absolute atomic E-state index is 0.276. The number of carbonyl (C=O) groups excluding carboxylic acids is 1. The van der Waals surface area contributed by atoms with Gasteiger partial charge in [0.25, 0.3) is 0 Å². The first-order valence-electron chi connectivity index (χ1n) is 7.72. The Labute approximate surface area is 116 Å². The van der Waals surface area contributed by atoms with Gasteiger partial charge >= 0.3 is 0 Å². The number of hydrogen-bond donors (Lipinski definition) is 2. The summed E-state index contributed by atoms with van der Waals surface area (Å²) in [7, 11) is 0. The van der Waals surface area contributed by atoms with Crippen LogP contribution in [0.25, 0.3) is 0 Å². The second kappa shape index (κ2) is 6.23. The monoisotopic (exact) mass is 268 g/mol. The minimum Gasteiger partial charge on any atom is -0.390 e. The van der Waals surface area contributed by atoms with Crippen LogP contribution in [-0.2, 0) is 4.79 Å². The average Bonchev–Trinajstić information content (AvgIpc) is 2.53. The second-order valence-electron chi connectivity index (χ2n) is 6.72. The van der Waals surface area contributed by atoms with E-state index in [1.54, 1.807) is 0 Å². The minimum atomic E-state index is -0.591. The number of nitrogens with two attached hydrogens (primary N) is 1. The smallest absolute Gasteiger partial charge is 0.222 e. The molecule has 1 saturated carbocycles. The Morgan fingerprint density at radius 1 is 1.26 bits per heavy atom. The number of carbonyl (C=O) groups is 1. The van der Waals surface area contributed by atoms with Gasteiger partial charge in [0.1, 0.15) is 0 Å². The third-order valence-corrected chi connectivity index (χ3v) is 4.77. The highest BCUT2D eigenvalue weighted by molar-refractivity contribution is 5.76. The second-order valence-corrected chi connectivity index (χ2v) is 6.72. The topological polar surface area (TPSA) is 66.6 Å². The summed E-state index contributed by atoms with van der Waals surface area (Å²) in [6, 6.07) is 0.347. The van der Waals surface area contributed by atoms with E-state index in [1.807, 2.05) is 11.8 Å². The van der Waals surface area contributed by atoms with Gasteiger partial charge in [-0.15, -0.1) is 0 Å². The van der Waals surface area contributed by atoms with E-state index >= 15 is 0 Å². The fraction of sp³-hybridized carbons (Fsp3) is 0.933. The molecular formula is C15H28N2O2. The summed E-state index contributed by atoms with van der Waals surface area (Å²) < 4.78 is 0. The molecule has 1 heterocycles. The van der Waals surface area contributed by atoms with E-state index < -0.39 is 5.60 Å². The van der Waals surface area contributed by atoms with E-state index in [4.69, 9.17) is 5.73 Å². The van der Waals surface area contributed by atoms with Gasteiger partial charge < -0.3 is 15.7 Å². The summed E-state index contributed by atoms with van der Waals surface area (Å²) >= 11 is 0. The van der Waals surface area contributed by atoms with Crippen LogP contribution in [0.4, 0.5) is 0 Å². The number of rotatable bonds is 2. The zero-order valence-corrected chi connectivity index (χ0v) is 12.1. The van der Waals surface area contributed by atoms with Crippen LogP contribution in [0.5, 0.6) is 0 Å². The summed E-state index contributed by atoms with van der Waals surface area (Å²) in [6.45, 7) is 3.39. The van der Waals surface area contributed by atoms with Crippen molar-refractivity contribution >= 4 is 5.91 Å². The molecule has 4 nitrogen and oxygen atoms in total. The molecule has 0 spiro atoms. The van der Waals surface area contributed by atoms with Crippen LogP contribution in [-0.4, -0.2) is 40.6 Å². The van der Waals surface area contributed by atoms with Crippen molar-refractivity contribution in [3.8, 4) is 0 Å². The van der Waals surface area contributed by atoms with Gasteiger partial charge in [-0.3, -0.25) is 4.79 Å². The van der Waals surface area contributed by atoms with Crippen molar-refractivity contribution < 1.29 is 9.90 Å². The molecule has 1 atom stereocenters. The SMILES string of the molecule is CC1(O)CCCN(C(=O)CC2CCC(N)CC2)CC1. The van der Waals surface area contributed by atoms with Gasteiger partial charge in [0, 0.05) is 25.6 Å². The highest BCUT2D eigenvalue weighted by atomic mass is 16.3. The Hall–Kier alpha value is -0.610. The summed E-state index contributed by atoms with van der Waals surface area (Å²) in [5.41, 5.74) is 5.31. The van der Waals surface area contributed by atoms with E-state index in [-0.39, 0.29) is 5.91 Å². The molecule has 19 heavy (non-hydrogen) atoms. The molecule has 1 saturated heterocycles. The Balaban J connectivity index is 1.79. The molecule has 110 valence electrons. The van der Waals surface area contributed by atoms with Crippen molar-refractivity contribution in [3.05, 3.63) is 0 Å². The molecule has 0 radical (unpaired) electrons. The Morgan fingerprint density at radius 3 is 2.63 bits per heavy atom. The lowest BCUT2D eigenvalue weighted by molar-refractivity contribution is -0.132. The molecule has 1 aliphatic heterocycles. The van der Waals surface area contributed by atoms with E-state index in [1.165, 1.54) is 0 Å². The van der Waals surface area contributed by atoms with Crippen LogP contribution in [0.15, 0.2) is 0 Å². The zero-order chi connectivity index (χ0) is 13.9. The molecule has 4 heteroatoms. The summed E-state index contributed by atoms with van der Waals surface area (Å²) in [4.78, 5) is 14.3. The number of amides is 1. The van der Waals surface area contributed by atoms with E-state index in [9.17, 15) is 9.90 Å². The lowest BCUT2D eigenvalue weighted by atomic mass is 9.84. The molecule has 0 aromatic heterocycles. The summed E-state index contributed by atoms with van der Waals surface area (Å²) in [5, 5.41) is 10.1. The highest BCUT2D eigenvalue weighted by Gasteiger charge is 2.28. The van der Waals surface area contributed by atoms with Gasteiger partial charge in [-0.1, -0.05) is 0 Å². The lowest BCUT2D eigenvalue weighted by Gasteiger charge is -2.28. The molecule has 0 aromatic carbocycles. The van der Waals surface area contributed by atoms with Gasteiger partial charge in [0.2, 0.25) is 5.91 Å². The number of aliphatic hydroxyl groups is 1. The highest BCUT2D eigenvalue weighted by Crippen LogP contribution is 2.27. The van der Waals surface area contributed by atoms with Crippen LogP contribution in [0.1, 0.15) is 58.3 Å². The predicted molar refractivity (Wildman–Crippen MR) is 75.6 cm³/mol. The third-order valence-electron chi connectivity index (χ3n) is 4.77. The Bertz CT molecular complexity index is 309. The first-order chi connectivity index (χ1) is 8.96. The van der Waals surface area contributed by atoms with Crippen LogP contribution in [0.2, 0.25) is 0 Å². The first kappa shape index (κ1) is 14.8. The molecule has 3 N–H and O–H groups in total. The van der Waals surface area contributed by atoms with E-state index in [0.717, 1.165) is 45.1 Å². The van der Waals surface area contributed by atoms with E-state index in [2.05, 4.69) is 0 Å². The van der Waals surface area contributed by atoms with Crippen molar-refractivity contribution in [3.63, 3.8) is 0 Å². The maximum atomic E-state index is 12.3. The molecule has 1 amide bonds. The van der Waals surface area contributed by atoms with Gasteiger partial charge in [-0.2, -0.15) is 0 Å². The first-order valence-corrected chi connectivity index (χ1v) is 7.72. The number of nitrogens with zero attached hydrogens (tertiary/aromatic N) is 1. The fourth-order valence-corrected chi connectivity index (χ4v) is 3.28. The fourth-order valence-electron chi connectivity index (χ4n) is 3.28. The standard InChI is InChI=1S/C15H28N2O2/c1-15(19)7-2-9-17(10-8-15)14(18)11-12-3-5-13(16)6-4-12/h12-13,19H,2-11,16H2,1H3. The normalized spacial score (nSPS) is 36.9. The summed E-state index contributed by atoms with van der Waals surface area (Å²) in [6.07, 6.45) is 7.41. The average molecular weight is 268 g/mol. The van der Waals surface area contributed by atoms with Crippen LogP contribution >= 0.6 is 0 Å². The zero-order valence-electron chi connectivity index (χ0n) is 12.1. The van der Waals surface area contributed by atoms with Crippen LogP contribution in [0, 0.1) is 5.92 Å². The largest absolute Gasteiger partial charge is 0.390 e. The molecule has 2 fully saturated rings.